The number of hydrogen-bond donors (Lipinski definition) is 1. The molecule has 0 aromatic carbocycles. The average Bonchev–Trinajstić information content (AvgIpc) is 2.60. The van der Waals surface area contributed by atoms with E-state index in [1.54, 1.807) is 0 Å². The lowest BCUT2D eigenvalue weighted by atomic mass is 10.2. The van der Waals surface area contributed by atoms with E-state index in [4.69, 9.17) is 16.7 Å². The van der Waals surface area contributed by atoms with Crippen molar-refractivity contribution in [2.75, 3.05) is 18.5 Å². The van der Waals surface area contributed by atoms with E-state index in [-0.39, 0.29) is 10.0 Å². The van der Waals surface area contributed by atoms with Crippen molar-refractivity contribution in [1.29, 1.82) is 0 Å². The van der Waals surface area contributed by atoms with E-state index in [2.05, 4.69) is 11.9 Å². The number of nitrogens with zero attached hydrogens (tertiary/aromatic N) is 2. The topological polar surface area (TPSA) is 53.4 Å². The Kier molecular flexibility index (Phi) is 5.02. The number of hydrogen-bond acceptors (Lipinski definition) is 4. The highest BCUT2D eigenvalue weighted by Crippen LogP contribution is 2.29. The third-order valence-corrected chi connectivity index (χ3v) is 3.74. The third kappa shape index (κ3) is 3.35. The van der Waals surface area contributed by atoms with Gasteiger partial charge in [-0.25, -0.2) is 9.78 Å². The van der Waals surface area contributed by atoms with Crippen molar-refractivity contribution in [3.63, 3.8) is 0 Å². The molecule has 0 aliphatic rings. The molecule has 0 radical (unpaired) electrons. The Bertz CT molecular complexity index is 368. The molecule has 90 valence electrons. The van der Waals surface area contributed by atoms with Crippen LogP contribution in [0, 0.1) is 0 Å². The van der Waals surface area contributed by atoms with Crippen LogP contribution in [-0.4, -0.2) is 29.7 Å². The van der Waals surface area contributed by atoms with Crippen molar-refractivity contribution >= 4 is 34.0 Å². The molecular weight excluding hydrogens is 248 g/mol. The van der Waals surface area contributed by atoms with Gasteiger partial charge in [-0.3, -0.25) is 0 Å². The summed E-state index contributed by atoms with van der Waals surface area (Å²) in [5.41, 5.74) is 0. The fraction of sp³-hybridized carbons (Fsp3) is 0.600. The van der Waals surface area contributed by atoms with Crippen LogP contribution in [0.4, 0.5) is 5.13 Å². The fourth-order valence-corrected chi connectivity index (χ4v) is 2.39. The molecular formula is C10H15ClN2O2S. The third-order valence-electron chi connectivity index (χ3n) is 2.19. The zero-order valence-corrected chi connectivity index (χ0v) is 10.9. The summed E-state index contributed by atoms with van der Waals surface area (Å²) in [4.78, 5) is 16.9. The van der Waals surface area contributed by atoms with Gasteiger partial charge in [0.05, 0.1) is 0 Å². The van der Waals surface area contributed by atoms with E-state index in [1.165, 1.54) is 0 Å². The molecule has 0 aliphatic heterocycles. The predicted octanol–water partition coefficient (Wildman–Crippen LogP) is 3.12. The van der Waals surface area contributed by atoms with Crippen LogP contribution in [0.2, 0.25) is 5.15 Å². The van der Waals surface area contributed by atoms with Crippen LogP contribution in [0.3, 0.4) is 0 Å². The molecule has 0 spiro atoms. The minimum Gasteiger partial charge on any atom is -0.477 e. The van der Waals surface area contributed by atoms with Crippen LogP contribution in [0.15, 0.2) is 0 Å². The minimum atomic E-state index is -1.02. The molecule has 1 aromatic rings. The first-order chi connectivity index (χ1) is 7.56. The van der Waals surface area contributed by atoms with Gasteiger partial charge in [-0.05, 0) is 6.42 Å². The monoisotopic (exact) mass is 262 g/mol. The maximum absolute atomic E-state index is 10.8. The SMILES string of the molecule is CCCCCN(C)c1nc(Cl)c(C(=O)O)s1. The molecule has 0 saturated carbocycles. The van der Waals surface area contributed by atoms with Crippen LogP contribution in [0.25, 0.3) is 0 Å². The number of halogens is 1. The highest BCUT2D eigenvalue weighted by Gasteiger charge is 2.17. The van der Waals surface area contributed by atoms with E-state index < -0.39 is 5.97 Å². The van der Waals surface area contributed by atoms with Crippen LogP contribution >= 0.6 is 22.9 Å². The lowest BCUT2D eigenvalue weighted by molar-refractivity contribution is 0.0702. The average molecular weight is 263 g/mol. The zero-order chi connectivity index (χ0) is 12.1. The smallest absolute Gasteiger partial charge is 0.349 e. The number of aromatic nitrogens is 1. The Labute approximate surface area is 104 Å². The summed E-state index contributed by atoms with van der Waals surface area (Å²) >= 11 is 6.85. The van der Waals surface area contributed by atoms with E-state index >= 15 is 0 Å². The Morgan fingerprint density at radius 1 is 1.56 bits per heavy atom. The summed E-state index contributed by atoms with van der Waals surface area (Å²) in [5.74, 6) is -1.02. The molecule has 0 bridgehead atoms. The zero-order valence-electron chi connectivity index (χ0n) is 9.36. The van der Waals surface area contributed by atoms with Crippen molar-refractivity contribution in [3.05, 3.63) is 10.0 Å². The van der Waals surface area contributed by atoms with Crippen molar-refractivity contribution in [2.45, 2.75) is 26.2 Å². The normalized spacial score (nSPS) is 10.4. The largest absolute Gasteiger partial charge is 0.477 e. The number of rotatable bonds is 6. The number of anilines is 1. The quantitative estimate of drug-likeness (QED) is 0.801. The number of unbranched alkanes of at least 4 members (excludes halogenated alkanes) is 2. The van der Waals surface area contributed by atoms with Gasteiger partial charge in [-0.1, -0.05) is 42.7 Å². The van der Waals surface area contributed by atoms with Gasteiger partial charge in [0.1, 0.15) is 0 Å². The second-order valence-electron chi connectivity index (χ2n) is 3.55. The first-order valence-corrected chi connectivity index (χ1v) is 6.36. The fourth-order valence-electron chi connectivity index (χ4n) is 1.28. The van der Waals surface area contributed by atoms with Gasteiger partial charge in [-0.2, -0.15) is 0 Å². The van der Waals surface area contributed by atoms with Crippen LogP contribution in [0.5, 0.6) is 0 Å². The van der Waals surface area contributed by atoms with Crippen LogP contribution < -0.4 is 4.90 Å². The lowest BCUT2D eigenvalue weighted by Crippen LogP contribution is -2.17. The summed E-state index contributed by atoms with van der Waals surface area (Å²) in [6, 6.07) is 0. The lowest BCUT2D eigenvalue weighted by Gasteiger charge is -2.14. The summed E-state index contributed by atoms with van der Waals surface area (Å²) < 4.78 is 0. The summed E-state index contributed by atoms with van der Waals surface area (Å²) in [7, 11) is 1.90. The molecule has 0 saturated heterocycles. The molecule has 0 aliphatic carbocycles. The Hall–Kier alpha value is -0.810. The number of carbonyl (C=O) groups is 1. The van der Waals surface area contributed by atoms with E-state index in [0.717, 1.165) is 37.1 Å². The Morgan fingerprint density at radius 3 is 2.75 bits per heavy atom. The predicted molar refractivity (Wildman–Crippen MR) is 66.9 cm³/mol. The second-order valence-corrected chi connectivity index (χ2v) is 4.89. The standard InChI is InChI=1S/C10H15ClN2O2S/c1-3-4-5-6-13(2)10-12-8(11)7(16-10)9(14)15/h3-6H2,1-2H3,(H,14,15). The van der Waals surface area contributed by atoms with E-state index in [9.17, 15) is 4.79 Å². The molecule has 0 atom stereocenters. The second kappa shape index (κ2) is 6.06. The molecule has 1 heterocycles. The molecule has 16 heavy (non-hydrogen) atoms. The maximum Gasteiger partial charge on any atom is 0.349 e. The maximum atomic E-state index is 10.8. The van der Waals surface area contributed by atoms with Crippen LogP contribution in [0.1, 0.15) is 35.9 Å². The molecule has 0 fully saturated rings. The number of carboxylic acids is 1. The van der Waals surface area contributed by atoms with Gasteiger partial charge in [0, 0.05) is 13.6 Å². The first kappa shape index (κ1) is 13.3. The van der Waals surface area contributed by atoms with E-state index in [0.29, 0.717) is 5.13 Å². The Morgan fingerprint density at radius 2 is 2.25 bits per heavy atom. The van der Waals surface area contributed by atoms with Gasteiger partial charge in [0.15, 0.2) is 15.2 Å². The molecule has 1 aromatic heterocycles. The van der Waals surface area contributed by atoms with Crippen molar-refractivity contribution in [2.24, 2.45) is 0 Å². The van der Waals surface area contributed by atoms with Gasteiger partial charge >= 0.3 is 5.97 Å². The number of aromatic carboxylic acids is 1. The first-order valence-electron chi connectivity index (χ1n) is 5.17. The van der Waals surface area contributed by atoms with Crippen molar-refractivity contribution in [3.8, 4) is 0 Å². The van der Waals surface area contributed by atoms with Gasteiger partial charge in [-0.15, -0.1) is 0 Å². The summed E-state index contributed by atoms with van der Waals surface area (Å²) in [6.45, 7) is 3.01. The van der Waals surface area contributed by atoms with Crippen LogP contribution in [-0.2, 0) is 0 Å². The highest BCUT2D eigenvalue weighted by atomic mass is 35.5. The number of thiazole rings is 1. The van der Waals surface area contributed by atoms with Gasteiger partial charge < -0.3 is 10.0 Å². The molecule has 0 amide bonds. The van der Waals surface area contributed by atoms with Crippen molar-refractivity contribution in [1.82, 2.24) is 4.98 Å². The highest BCUT2D eigenvalue weighted by molar-refractivity contribution is 7.18. The van der Waals surface area contributed by atoms with Gasteiger partial charge in [0.2, 0.25) is 0 Å². The molecule has 0 unspecified atom stereocenters. The van der Waals surface area contributed by atoms with Gasteiger partial charge in [0.25, 0.3) is 0 Å². The molecule has 6 heteroatoms. The van der Waals surface area contributed by atoms with E-state index in [1.807, 2.05) is 11.9 Å². The molecule has 1 rings (SSSR count). The summed E-state index contributed by atoms with van der Waals surface area (Å²) in [6.07, 6.45) is 3.40. The van der Waals surface area contributed by atoms with Crippen molar-refractivity contribution < 1.29 is 9.90 Å². The minimum absolute atomic E-state index is 0.0786. The molecule has 4 nitrogen and oxygen atoms in total. The Balaban J connectivity index is 2.65. The number of carboxylic acid groups (broad SMARTS) is 1. The molecule has 1 N–H and O–H groups in total. The summed E-state index contributed by atoms with van der Waals surface area (Å²) in [5, 5.41) is 9.59.